The third-order valence-corrected chi connectivity index (χ3v) is 4.77. The van der Waals surface area contributed by atoms with Crippen molar-refractivity contribution in [3.63, 3.8) is 0 Å². The Morgan fingerprint density at radius 3 is 1.48 bits per heavy atom. The van der Waals surface area contributed by atoms with Crippen molar-refractivity contribution in [3.8, 4) is 23.2 Å². The Labute approximate surface area is 173 Å². The molecule has 25 heavy (non-hydrogen) atoms. The van der Waals surface area contributed by atoms with Gasteiger partial charge < -0.3 is 8.83 Å². The van der Waals surface area contributed by atoms with E-state index in [1.807, 2.05) is 6.07 Å². The van der Waals surface area contributed by atoms with E-state index in [0.29, 0.717) is 23.2 Å². The quantitative estimate of drug-likeness (QED) is 0.418. The third kappa shape index (κ3) is 4.24. The Bertz CT molecular complexity index is 807. The molecule has 3 aromatic rings. The number of rotatable bonds is 4. The molecule has 0 N–H and O–H groups in total. The molecule has 0 spiro atoms. The van der Waals surface area contributed by atoms with E-state index in [2.05, 4.69) is 74.5 Å². The predicted molar refractivity (Wildman–Crippen MR) is 98.8 cm³/mol. The molecule has 0 aromatic carbocycles. The average molecular weight is 514 g/mol. The van der Waals surface area contributed by atoms with Gasteiger partial charge in [-0.3, -0.25) is 0 Å². The van der Waals surface area contributed by atoms with Crippen molar-refractivity contribution in [2.24, 2.45) is 0 Å². The summed E-state index contributed by atoms with van der Waals surface area (Å²) in [4.78, 5) is 13.7. The summed E-state index contributed by atoms with van der Waals surface area (Å²) in [7, 11) is 0. The van der Waals surface area contributed by atoms with Crippen LogP contribution in [0.4, 0.5) is 0 Å². The van der Waals surface area contributed by atoms with Crippen molar-refractivity contribution in [1.29, 1.82) is 0 Å². The fraction of sp³-hybridized carbons (Fsp3) is 0.353. The second-order valence-corrected chi connectivity index (χ2v) is 7.82. The van der Waals surface area contributed by atoms with Crippen LogP contribution in [-0.2, 0) is 16.8 Å². The van der Waals surface area contributed by atoms with E-state index in [9.17, 15) is 0 Å². The van der Waals surface area contributed by atoms with E-state index in [1.165, 1.54) is 0 Å². The Morgan fingerprint density at radius 2 is 1.16 bits per heavy atom. The number of hydrogen-bond acceptors (Lipinski definition) is 5. The molecule has 8 heteroatoms. The molecule has 1 radical (unpaired) electrons. The van der Waals surface area contributed by atoms with Gasteiger partial charge in [0.15, 0.2) is 0 Å². The Balaban J connectivity index is 0.00000225. The minimum Gasteiger partial charge on any atom is -0.443 e. The molecule has 0 saturated carbocycles. The maximum absolute atomic E-state index is 5.60. The van der Waals surface area contributed by atoms with Gasteiger partial charge in [0.2, 0.25) is 11.8 Å². The van der Waals surface area contributed by atoms with Gasteiger partial charge in [0.25, 0.3) is 0 Å². The molecule has 0 aliphatic carbocycles. The number of pyridine rings is 1. The predicted octanol–water partition coefficient (Wildman–Crippen LogP) is 6.16. The summed E-state index contributed by atoms with van der Waals surface area (Å²) in [6, 6.07) is 1.90. The van der Waals surface area contributed by atoms with Crippen LogP contribution in [0.3, 0.4) is 0 Å². The summed E-state index contributed by atoms with van der Waals surface area (Å²) in [6.07, 6.45) is 3.33. The molecule has 3 aromatic heterocycles. The topological polar surface area (TPSA) is 65.0 Å². The average Bonchev–Trinajstić information content (AvgIpc) is 3.16. The maximum Gasteiger partial charge on any atom is 0.246 e. The van der Waals surface area contributed by atoms with E-state index in [0.717, 1.165) is 20.3 Å². The molecule has 0 fully saturated rings. The zero-order chi connectivity index (χ0) is 17.4. The fourth-order valence-corrected chi connectivity index (χ4v) is 3.37. The number of nitrogens with zero attached hydrogens (tertiary/aromatic N) is 3. The second kappa shape index (κ2) is 8.16. The van der Waals surface area contributed by atoms with Crippen LogP contribution in [0.2, 0.25) is 0 Å². The first-order chi connectivity index (χ1) is 11.4. The van der Waals surface area contributed by atoms with Gasteiger partial charge in [-0.15, -0.1) is 0 Å². The molecule has 0 unspecified atom stereocenters. The molecular weight excluding hydrogens is 497 g/mol. The fourth-order valence-electron chi connectivity index (χ4n) is 2.09. The van der Waals surface area contributed by atoms with Gasteiger partial charge >= 0.3 is 0 Å². The van der Waals surface area contributed by atoms with E-state index in [1.54, 1.807) is 12.5 Å². The van der Waals surface area contributed by atoms with E-state index in [4.69, 9.17) is 8.83 Å². The number of halogens is 2. The Kier molecular flexibility index (Phi) is 6.64. The maximum atomic E-state index is 5.60. The monoisotopic (exact) mass is 512 g/mol. The third-order valence-electron chi connectivity index (χ3n) is 3.56. The summed E-state index contributed by atoms with van der Waals surface area (Å²) in [5.74, 6) is 1.51. The van der Waals surface area contributed by atoms with E-state index >= 15 is 0 Å². The van der Waals surface area contributed by atoms with Crippen LogP contribution in [0, 0.1) is 0 Å². The van der Waals surface area contributed by atoms with E-state index in [-0.39, 0.29) is 28.6 Å². The Morgan fingerprint density at radius 1 is 0.760 bits per heavy atom. The minimum absolute atomic E-state index is 0. The van der Waals surface area contributed by atoms with Crippen LogP contribution < -0.4 is 0 Å². The van der Waals surface area contributed by atoms with Gasteiger partial charge in [-0.1, -0.05) is 27.7 Å². The number of hydrogen-bond donors (Lipinski definition) is 0. The van der Waals surface area contributed by atoms with Crippen LogP contribution in [0.1, 0.15) is 50.9 Å². The molecule has 0 aliphatic rings. The van der Waals surface area contributed by atoms with Crippen LogP contribution in [0.5, 0.6) is 0 Å². The minimum atomic E-state index is 0. The smallest absolute Gasteiger partial charge is 0.246 e. The molecular formula is C17H17Br2CoN3O2. The van der Waals surface area contributed by atoms with Crippen LogP contribution >= 0.6 is 31.9 Å². The zero-order valence-corrected chi connectivity index (χ0v) is 18.3. The van der Waals surface area contributed by atoms with Gasteiger partial charge in [0, 0.05) is 25.7 Å². The first kappa shape index (κ1) is 20.3. The summed E-state index contributed by atoms with van der Waals surface area (Å²) < 4.78 is 12.8. The van der Waals surface area contributed by atoms with Crippen molar-refractivity contribution in [3.05, 3.63) is 38.9 Å². The zero-order valence-electron chi connectivity index (χ0n) is 14.1. The molecule has 0 saturated heterocycles. The van der Waals surface area contributed by atoms with Gasteiger partial charge in [0.05, 0.1) is 11.4 Å². The molecule has 3 heterocycles. The first-order valence-corrected chi connectivity index (χ1v) is 9.23. The number of aromatic nitrogens is 3. The largest absolute Gasteiger partial charge is 0.443 e. The van der Waals surface area contributed by atoms with Crippen molar-refractivity contribution in [2.45, 2.75) is 39.5 Å². The van der Waals surface area contributed by atoms with Gasteiger partial charge in [-0.25, -0.2) is 15.0 Å². The SMILES string of the molecule is CC(C)c1coc(-c2nc(-c3nc(C(C)C)co3)c(Br)cc2Br)n1.[Co]. The Hall–Kier alpha value is -0.964. The molecule has 0 bridgehead atoms. The van der Waals surface area contributed by atoms with Crippen LogP contribution in [0.15, 0.2) is 36.4 Å². The standard InChI is InChI=1S/C17H17Br2N3O2.Co/c1-8(2)12-6-23-16(20-12)14-10(18)5-11(19)15(22-14)17-21-13(7-24-17)9(3)4;/h5-9H,1-4H3;. The van der Waals surface area contributed by atoms with Gasteiger partial charge in [0.1, 0.15) is 23.9 Å². The molecule has 0 atom stereocenters. The van der Waals surface area contributed by atoms with E-state index < -0.39 is 0 Å². The summed E-state index contributed by atoms with van der Waals surface area (Å²) in [6.45, 7) is 8.27. The normalized spacial score (nSPS) is 11.2. The first-order valence-electron chi connectivity index (χ1n) is 7.64. The summed E-state index contributed by atoms with van der Waals surface area (Å²) >= 11 is 7.04. The van der Waals surface area contributed by atoms with Crippen molar-refractivity contribution in [2.75, 3.05) is 0 Å². The van der Waals surface area contributed by atoms with Gasteiger partial charge in [-0.05, 0) is 49.8 Å². The van der Waals surface area contributed by atoms with Crippen LogP contribution in [0.25, 0.3) is 23.2 Å². The summed E-state index contributed by atoms with van der Waals surface area (Å²) in [5.41, 5.74) is 3.01. The van der Waals surface area contributed by atoms with Crippen molar-refractivity contribution < 1.29 is 25.6 Å². The molecule has 0 amide bonds. The molecule has 135 valence electrons. The van der Waals surface area contributed by atoms with Crippen molar-refractivity contribution in [1.82, 2.24) is 15.0 Å². The summed E-state index contributed by atoms with van der Waals surface area (Å²) in [5, 5.41) is 0. The van der Waals surface area contributed by atoms with Crippen LogP contribution in [-0.4, -0.2) is 15.0 Å². The second-order valence-electron chi connectivity index (χ2n) is 6.11. The number of oxazole rings is 2. The molecule has 0 aliphatic heterocycles. The van der Waals surface area contributed by atoms with Crippen molar-refractivity contribution >= 4 is 31.9 Å². The molecule has 5 nitrogen and oxygen atoms in total. The molecule has 3 rings (SSSR count). The van der Waals surface area contributed by atoms with Gasteiger partial charge in [-0.2, -0.15) is 0 Å².